The summed E-state index contributed by atoms with van der Waals surface area (Å²) in [6.45, 7) is 13.0. The molecule has 2 rings (SSSR count). The van der Waals surface area contributed by atoms with Crippen molar-refractivity contribution in [2.45, 2.75) is 31.3 Å². The fourth-order valence-electron chi connectivity index (χ4n) is 1.98. The molecule has 6 heteroatoms. The average molecular weight is 282 g/mol. The van der Waals surface area contributed by atoms with Gasteiger partial charge < -0.3 is 23.7 Å². The van der Waals surface area contributed by atoms with Gasteiger partial charge in [-0.1, -0.05) is 13.2 Å². The summed E-state index contributed by atoms with van der Waals surface area (Å²) >= 11 is 0. The maximum absolute atomic E-state index is 11.0. The van der Waals surface area contributed by atoms with Crippen LogP contribution in [0, 0.1) is 0 Å². The Kier molecular flexibility index (Phi) is 4.15. The number of hydrogen-bond donors (Lipinski definition) is 0. The Morgan fingerprint density at radius 3 is 2.90 bits per heavy atom. The third-order valence-corrected chi connectivity index (χ3v) is 3.11. The number of carbonyl (C=O) groups is 1. The Labute approximate surface area is 117 Å². The summed E-state index contributed by atoms with van der Waals surface area (Å²) in [6.07, 6.45) is 0.745. The van der Waals surface area contributed by atoms with Crippen molar-refractivity contribution < 1.29 is 28.5 Å². The van der Waals surface area contributed by atoms with Crippen LogP contribution < -0.4 is 0 Å². The molecule has 2 fully saturated rings. The first-order chi connectivity index (χ1) is 9.43. The highest BCUT2D eigenvalue weighted by Gasteiger charge is 2.44. The third kappa shape index (κ3) is 3.20. The van der Waals surface area contributed by atoms with Crippen LogP contribution >= 0.6 is 0 Å². The van der Waals surface area contributed by atoms with Gasteiger partial charge in [0.1, 0.15) is 18.5 Å². The normalized spacial score (nSPS) is 32.6. The van der Waals surface area contributed by atoms with Gasteiger partial charge >= 0.3 is 5.97 Å². The summed E-state index contributed by atoms with van der Waals surface area (Å²) in [5, 5.41) is 0. The predicted molar refractivity (Wildman–Crippen MR) is 69.2 cm³/mol. The smallest absolute Gasteiger partial charge is 0.330 e. The van der Waals surface area contributed by atoms with E-state index in [4.69, 9.17) is 23.7 Å². The van der Waals surface area contributed by atoms with Crippen molar-refractivity contribution in [1.29, 1.82) is 0 Å². The molecular weight excluding hydrogens is 264 g/mol. The molecule has 2 heterocycles. The molecule has 0 N–H and O–H groups in total. The van der Waals surface area contributed by atoms with E-state index in [2.05, 4.69) is 19.7 Å². The molecule has 2 aliphatic rings. The first-order valence-electron chi connectivity index (χ1n) is 6.24. The fraction of sp³-hybridized carbons (Fsp3) is 0.500. The van der Waals surface area contributed by atoms with Crippen LogP contribution in [0.1, 0.15) is 13.3 Å². The topological polar surface area (TPSA) is 63.2 Å². The van der Waals surface area contributed by atoms with Gasteiger partial charge in [-0.2, -0.15) is 0 Å². The van der Waals surface area contributed by atoms with Gasteiger partial charge in [0, 0.05) is 12.5 Å². The largest absolute Gasteiger partial charge is 0.460 e. The van der Waals surface area contributed by atoms with Crippen LogP contribution in [0.15, 0.2) is 37.5 Å². The third-order valence-electron chi connectivity index (χ3n) is 3.11. The maximum Gasteiger partial charge on any atom is 0.330 e. The second kappa shape index (κ2) is 5.68. The fourth-order valence-corrected chi connectivity index (χ4v) is 1.98. The molecule has 0 spiro atoms. The van der Waals surface area contributed by atoms with Crippen LogP contribution in [0.25, 0.3) is 0 Å². The molecule has 20 heavy (non-hydrogen) atoms. The average Bonchev–Trinajstić information content (AvgIpc) is 2.92. The Hall–Kier alpha value is -1.79. The van der Waals surface area contributed by atoms with Gasteiger partial charge in [0.25, 0.3) is 5.95 Å². The van der Waals surface area contributed by atoms with Gasteiger partial charge in [-0.25, -0.2) is 4.79 Å². The molecule has 0 radical (unpaired) electrons. The number of carbonyl (C=O) groups excluding carboxylic acids is 1. The molecule has 0 amide bonds. The van der Waals surface area contributed by atoms with Gasteiger partial charge in [0.15, 0.2) is 11.9 Å². The standard InChI is InChI=1S/C14H18O6/c1-5-12(15)16-7-11-8-17-13(19-11)6-14(4)9(2)18-10(3)20-14/h5,11,13H,1-3,6-8H2,4H3. The van der Waals surface area contributed by atoms with Crippen LogP contribution in [-0.2, 0) is 28.5 Å². The molecule has 2 aliphatic heterocycles. The van der Waals surface area contributed by atoms with Gasteiger partial charge in [-0.05, 0) is 13.5 Å². The highest BCUT2D eigenvalue weighted by atomic mass is 16.7. The lowest BCUT2D eigenvalue weighted by atomic mass is 10.0. The Morgan fingerprint density at radius 1 is 1.55 bits per heavy atom. The lowest BCUT2D eigenvalue weighted by molar-refractivity contribution is -0.143. The van der Waals surface area contributed by atoms with E-state index in [0.717, 1.165) is 6.08 Å². The summed E-state index contributed by atoms with van der Waals surface area (Å²) in [7, 11) is 0. The van der Waals surface area contributed by atoms with Crippen LogP contribution in [0.4, 0.5) is 0 Å². The number of ether oxygens (including phenoxy) is 5. The van der Waals surface area contributed by atoms with E-state index in [0.29, 0.717) is 18.8 Å². The van der Waals surface area contributed by atoms with Gasteiger partial charge in [0.05, 0.1) is 6.61 Å². The van der Waals surface area contributed by atoms with E-state index < -0.39 is 17.9 Å². The second-order valence-corrected chi connectivity index (χ2v) is 4.79. The summed E-state index contributed by atoms with van der Waals surface area (Å²) in [5.74, 6) is 0.199. The molecule has 3 atom stereocenters. The van der Waals surface area contributed by atoms with Crippen LogP contribution in [-0.4, -0.2) is 37.2 Å². The van der Waals surface area contributed by atoms with E-state index in [-0.39, 0.29) is 18.7 Å². The molecule has 6 nitrogen and oxygen atoms in total. The highest BCUT2D eigenvalue weighted by molar-refractivity contribution is 5.81. The number of rotatable bonds is 5. The van der Waals surface area contributed by atoms with Crippen molar-refractivity contribution in [3.63, 3.8) is 0 Å². The zero-order chi connectivity index (χ0) is 14.8. The Bertz CT molecular complexity index is 443. The highest BCUT2D eigenvalue weighted by Crippen LogP contribution is 2.38. The predicted octanol–water partition coefficient (Wildman–Crippen LogP) is 1.64. The van der Waals surface area contributed by atoms with Crippen molar-refractivity contribution in [1.82, 2.24) is 0 Å². The summed E-state index contributed by atoms with van der Waals surface area (Å²) < 4.78 is 26.7. The quantitative estimate of drug-likeness (QED) is 0.564. The minimum Gasteiger partial charge on any atom is -0.460 e. The molecule has 0 aromatic rings. The molecule has 110 valence electrons. The maximum atomic E-state index is 11.0. The first-order valence-corrected chi connectivity index (χ1v) is 6.24. The SMILES string of the molecule is C=CC(=O)OCC1COC(CC2(C)OC(=C)OC2=C)O1. The van der Waals surface area contributed by atoms with Crippen LogP contribution in [0.5, 0.6) is 0 Å². The van der Waals surface area contributed by atoms with Crippen molar-refractivity contribution in [3.8, 4) is 0 Å². The molecular formula is C14H18O6. The molecule has 2 saturated heterocycles. The van der Waals surface area contributed by atoms with Gasteiger partial charge in [-0.15, -0.1) is 0 Å². The molecule has 0 aromatic carbocycles. The van der Waals surface area contributed by atoms with E-state index in [9.17, 15) is 4.79 Å². The Morgan fingerprint density at radius 2 is 2.30 bits per heavy atom. The molecule has 0 bridgehead atoms. The van der Waals surface area contributed by atoms with Crippen molar-refractivity contribution in [2.75, 3.05) is 13.2 Å². The summed E-state index contributed by atoms with van der Waals surface area (Å²) in [5.41, 5.74) is -0.728. The van der Waals surface area contributed by atoms with E-state index in [1.807, 2.05) is 6.92 Å². The van der Waals surface area contributed by atoms with Crippen LogP contribution in [0.2, 0.25) is 0 Å². The van der Waals surface area contributed by atoms with E-state index in [1.54, 1.807) is 0 Å². The molecule has 3 unspecified atom stereocenters. The van der Waals surface area contributed by atoms with Gasteiger partial charge in [-0.3, -0.25) is 0 Å². The minimum absolute atomic E-state index is 0.128. The first kappa shape index (κ1) is 14.6. The van der Waals surface area contributed by atoms with Crippen molar-refractivity contribution in [2.24, 2.45) is 0 Å². The molecule has 0 aromatic heterocycles. The van der Waals surface area contributed by atoms with Crippen molar-refractivity contribution in [3.05, 3.63) is 37.5 Å². The number of hydrogen-bond acceptors (Lipinski definition) is 6. The Balaban J connectivity index is 1.81. The monoisotopic (exact) mass is 282 g/mol. The zero-order valence-corrected chi connectivity index (χ0v) is 11.4. The van der Waals surface area contributed by atoms with E-state index >= 15 is 0 Å². The summed E-state index contributed by atoms with van der Waals surface area (Å²) in [6, 6.07) is 0. The van der Waals surface area contributed by atoms with Crippen molar-refractivity contribution >= 4 is 5.97 Å². The molecule has 0 saturated carbocycles. The van der Waals surface area contributed by atoms with Crippen LogP contribution in [0.3, 0.4) is 0 Å². The van der Waals surface area contributed by atoms with E-state index in [1.165, 1.54) is 0 Å². The number of esters is 1. The zero-order valence-electron chi connectivity index (χ0n) is 11.4. The minimum atomic E-state index is -0.728. The van der Waals surface area contributed by atoms with Gasteiger partial charge in [0.2, 0.25) is 0 Å². The summed E-state index contributed by atoms with van der Waals surface area (Å²) in [4.78, 5) is 11.0. The lowest BCUT2D eigenvalue weighted by Gasteiger charge is -2.24. The lowest BCUT2D eigenvalue weighted by Crippen LogP contribution is -2.31. The molecule has 0 aliphatic carbocycles. The second-order valence-electron chi connectivity index (χ2n) is 4.79.